The minimum Gasteiger partial charge on any atom is -0.497 e. The zero-order valence-electron chi connectivity index (χ0n) is 14.3. The van der Waals surface area contributed by atoms with Gasteiger partial charge in [-0.2, -0.15) is 10.2 Å². The van der Waals surface area contributed by atoms with E-state index in [-0.39, 0.29) is 0 Å². The molecule has 25 heavy (non-hydrogen) atoms. The first-order valence-electron chi connectivity index (χ1n) is 7.99. The van der Waals surface area contributed by atoms with Crippen molar-refractivity contribution in [3.63, 3.8) is 0 Å². The van der Waals surface area contributed by atoms with Crippen molar-refractivity contribution in [1.82, 2.24) is 29.9 Å². The summed E-state index contributed by atoms with van der Waals surface area (Å²) in [4.78, 5) is 9.53. The molecule has 0 fully saturated rings. The molecule has 0 bridgehead atoms. The highest BCUT2D eigenvalue weighted by Crippen LogP contribution is 2.24. The number of H-pyrrole nitrogens is 1. The number of ether oxygens (including phenoxy) is 1. The average molecular weight is 334 g/mol. The fraction of sp³-hybridized carbons (Fsp3) is 0.222. The summed E-state index contributed by atoms with van der Waals surface area (Å²) >= 11 is 0. The number of benzene rings is 1. The molecular formula is C18H18N6O. The number of hydrogen-bond acceptors (Lipinski definition) is 5. The Labute approximate surface area is 144 Å². The highest BCUT2D eigenvalue weighted by Gasteiger charge is 2.15. The molecule has 3 aromatic heterocycles. The lowest BCUT2D eigenvalue weighted by atomic mass is 10.2. The standard InChI is InChI=1S/C18H18N6O/c1-11-16(14-8-19-20-9-14)22-18-17(21-11)12(2)23-24(18)10-13-4-6-15(25-3)7-5-13/h4-9H,10H2,1-3H3,(H,19,20). The van der Waals surface area contributed by atoms with Crippen LogP contribution in [-0.4, -0.2) is 37.1 Å². The summed E-state index contributed by atoms with van der Waals surface area (Å²) in [5, 5.41) is 11.5. The summed E-state index contributed by atoms with van der Waals surface area (Å²) in [5.74, 6) is 0.836. The third kappa shape index (κ3) is 2.73. The quantitative estimate of drug-likeness (QED) is 0.620. The van der Waals surface area contributed by atoms with Crippen molar-refractivity contribution < 1.29 is 4.74 Å². The smallest absolute Gasteiger partial charge is 0.178 e. The lowest BCUT2D eigenvalue weighted by molar-refractivity contribution is 0.414. The summed E-state index contributed by atoms with van der Waals surface area (Å²) < 4.78 is 7.10. The lowest BCUT2D eigenvalue weighted by Crippen LogP contribution is -2.04. The number of rotatable bonds is 4. The largest absolute Gasteiger partial charge is 0.497 e. The Morgan fingerprint density at radius 2 is 1.88 bits per heavy atom. The predicted molar refractivity (Wildman–Crippen MR) is 94.5 cm³/mol. The molecule has 0 unspecified atom stereocenters. The molecule has 0 amide bonds. The van der Waals surface area contributed by atoms with Crippen LogP contribution >= 0.6 is 0 Å². The predicted octanol–water partition coefficient (Wildman–Crippen LogP) is 2.89. The van der Waals surface area contributed by atoms with Gasteiger partial charge in [-0.15, -0.1) is 0 Å². The van der Waals surface area contributed by atoms with Crippen LogP contribution in [0.25, 0.3) is 22.4 Å². The van der Waals surface area contributed by atoms with Crippen LogP contribution in [0.15, 0.2) is 36.7 Å². The minimum atomic E-state index is 0.622. The fourth-order valence-corrected chi connectivity index (χ4v) is 2.88. The monoisotopic (exact) mass is 334 g/mol. The van der Waals surface area contributed by atoms with E-state index in [1.165, 1.54) is 0 Å². The van der Waals surface area contributed by atoms with Gasteiger partial charge in [-0.3, -0.25) is 5.10 Å². The molecule has 1 aromatic carbocycles. The molecule has 3 heterocycles. The van der Waals surface area contributed by atoms with E-state index in [2.05, 4.69) is 15.3 Å². The highest BCUT2D eigenvalue weighted by molar-refractivity contribution is 5.77. The van der Waals surface area contributed by atoms with Gasteiger partial charge in [-0.05, 0) is 31.5 Å². The summed E-state index contributed by atoms with van der Waals surface area (Å²) in [7, 11) is 1.66. The molecule has 0 aliphatic rings. The van der Waals surface area contributed by atoms with Crippen molar-refractivity contribution in [2.45, 2.75) is 20.4 Å². The van der Waals surface area contributed by atoms with Crippen LogP contribution in [0.2, 0.25) is 0 Å². The molecule has 4 aromatic rings. The maximum atomic E-state index is 5.21. The normalized spacial score (nSPS) is 11.2. The van der Waals surface area contributed by atoms with Gasteiger partial charge in [0, 0.05) is 11.8 Å². The maximum Gasteiger partial charge on any atom is 0.178 e. The number of nitrogens with one attached hydrogen (secondary N) is 1. The van der Waals surface area contributed by atoms with Crippen molar-refractivity contribution in [3.8, 4) is 17.0 Å². The molecule has 0 aliphatic carbocycles. The molecule has 7 heteroatoms. The zero-order chi connectivity index (χ0) is 17.4. The summed E-state index contributed by atoms with van der Waals surface area (Å²) in [6.45, 7) is 4.53. The molecular weight excluding hydrogens is 316 g/mol. The van der Waals surface area contributed by atoms with Crippen LogP contribution in [0.4, 0.5) is 0 Å². The van der Waals surface area contributed by atoms with Crippen LogP contribution < -0.4 is 4.74 Å². The van der Waals surface area contributed by atoms with E-state index in [1.807, 2.05) is 49.0 Å². The van der Waals surface area contributed by atoms with Gasteiger partial charge in [0.25, 0.3) is 0 Å². The third-order valence-electron chi connectivity index (χ3n) is 4.17. The number of aromatic nitrogens is 6. The summed E-state index contributed by atoms with van der Waals surface area (Å²) in [5.41, 5.74) is 6.20. The number of aryl methyl sites for hydroxylation is 2. The average Bonchev–Trinajstić information content (AvgIpc) is 3.24. The SMILES string of the molecule is COc1ccc(Cn2nc(C)c3nc(C)c(-c4cn[nH]c4)nc32)cc1. The van der Waals surface area contributed by atoms with Gasteiger partial charge in [0.2, 0.25) is 0 Å². The molecule has 126 valence electrons. The Kier molecular flexibility index (Phi) is 3.68. The van der Waals surface area contributed by atoms with Crippen molar-refractivity contribution in [2.75, 3.05) is 7.11 Å². The lowest BCUT2D eigenvalue weighted by Gasteiger charge is -2.06. The third-order valence-corrected chi connectivity index (χ3v) is 4.17. The Morgan fingerprint density at radius 1 is 1.08 bits per heavy atom. The molecule has 0 saturated carbocycles. The van der Waals surface area contributed by atoms with E-state index in [4.69, 9.17) is 14.7 Å². The van der Waals surface area contributed by atoms with E-state index < -0.39 is 0 Å². The molecule has 1 N–H and O–H groups in total. The number of methoxy groups -OCH3 is 1. The molecule has 4 rings (SSSR count). The first-order valence-corrected chi connectivity index (χ1v) is 7.99. The van der Waals surface area contributed by atoms with Crippen LogP contribution in [0, 0.1) is 13.8 Å². The number of hydrogen-bond donors (Lipinski definition) is 1. The van der Waals surface area contributed by atoms with Crippen molar-refractivity contribution >= 4 is 11.2 Å². The van der Waals surface area contributed by atoms with E-state index in [9.17, 15) is 0 Å². The van der Waals surface area contributed by atoms with Crippen LogP contribution in [0.5, 0.6) is 5.75 Å². The molecule has 0 saturated heterocycles. The van der Waals surface area contributed by atoms with Gasteiger partial charge >= 0.3 is 0 Å². The molecule has 0 radical (unpaired) electrons. The van der Waals surface area contributed by atoms with Crippen molar-refractivity contribution in [2.24, 2.45) is 0 Å². The number of fused-ring (bicyclic) bond motifs is 1. The second-order valence-corrected chi connectivity index (χ2v) is 5.91. The van der Waals surface area contributed by atoms with Gasteiger partial charge in [0.1, 0.15) is 11.3 Å². The van der Waals surface area contributed by atoms with Crippen LogP contribution in [0.3, 0.4) is 0 Å². The first-order chi connectivity index (χ1) is 12.2. The first kappa shape index (κ1) is 15.3. The molecule has 7 nitrogen and oxygen atoms in total. The van der Waals surface area contributed by atoms with Gasteiger partial charge in [0.15, 0.2) is 5.65 Å². The Bertz CT molecular complexity index is 1020. The fourth-order valence-electron chi connectivity index (χ4n) is 2.88. The second kappa shape index (κ2) is 6.01. The number of aromatic amines is 1. The van der Waals surface area contributed by atoms with E-state index in [0.717, 1.165) is 45.1 Å². The zero-order valence-corrected chi connectivity index (χ0v) is 14.3. The van der Waals surface area contributed by atoms with E-state index in [0.29, 0.717) is 6.54 Å². The van der Waals surface area contributed by atoms with Gasteiger partial charge in [0.05, 0.1) is 36.9 Å². The molecule has 0 atom stereocenters. The Balaban J connectivity index is 1.79. The molecule has 0 aliphatic heterocycles. The van der Waals surface area contributed by atoms with E-state index >= 15 is 0 Å². The molecule has 0 spiro atoms. The summed E-state index contributed by atoms with van der Waals surface area (Å²) in [6.07, 6.45) is 3.57. The van der Waals surface area contributed by atoms with E-state index in [1.54, 1.807) is 13.3 Å². The number of nitrogens with zero attached hydrogens (tertiary/aromatic N) is 5. The minimum absolute atomic E-state index is 0.622. The Morgan fingerprint density at radius 3 is 2.56 bits per heavy atom. The van der Waals surface area contributed by atoms with Crippen molar-refractivity contribution in [1.29, 1.82) is 0 Å². The van der Waals surface area contributed by atoms with Crippen LogP contribution in [-0.2, 0) is 6.54 Å². The van der Waals surface area contributed by atoms with Crippen LogP contribution in [0.1, 0.15) is 17.0 Å². The maximum absolute atomic E-state index is 5.21. The second-order valence-electron chi connectivity index (χ2n) is 5.91. The van der Waals surface area contributed by atoms with Gasteiger partial charge in [-0.25, -0.2) is 14.6 Å². The highest BCUT2D eigenvalue weighted by atomic mass is 16.5. The van der Waals surface area contributed by atoms with Gasteiger partial charge < -0.3 is 4.74 Å². The van der Waals surface area contributed by atoms with Crippen molar-refractivity contribution in [3.05, 3.63) is 53.6 Å². The van der Waals surface area contributed by atoms with Gasteiger partial charge in [-0.1, -0.05) is 12.1 Å². The summed E-state index contributed by atoms with van der Waals surface area (Å²) in [6, 6.07) is 7.95. The Hall–Kier alpha value is -3.22. The topological polar surface area (TPSA) is 81.5 Å².